The summed E-state index contributed by atoms with van der Waals surface area (Å²) < 4.78 is 11.3. The predicted octanol–water partition coefficient (Wildman–Crippen LogP) is 2.65. The molecule has 114 valence electrons. The lowest BCUT2D eigenvalue weighted by molar-refractivity contribution is 0.0934. The van der Waals surface area contributed by atoms with E-state index in [1.807, 2.05) is 25.1 Å². The lowest BCUT2D eigenvalue weighted by Crippen LogP contribution is -2.33. The van der Waals surface area contributed by atoms with E-state index in [4.69, 9.17) is 15.2 Å². The van der Waals surface area contributed by atoms with Crippen LogP contribution in [-0.2, 0) is 4.74 Å². The SMILES string of the molecule is COCCC(C)NC(=O)c1sc2cccc(OC)c2c1N. The second-order valence-corrected chi connectivity index (χ2v) is 5.89. The van der Waals surface area contributed by atoms with Gasteiger partial charge in [0.1, 0.15) is 10.6 Å². The molecule has 0 fully saturated rings. The smallest absolute Gasteiger partial charge is 0.263 e. The summed E-state index contributed by atoms with van der Waals surface area (Å²) in [5.41, 5.74) is 6.61. The zero-order valence-electron chi connectivity index (χ0n) is 12.4. The van der Waals surface area contributed by atoms with Crippen LogP contribution in [0.1, 0.15) is 23.0 Å². The summed E-state index contributed by atoms with van der Waals surface area (Å²) in [5.74, 6) is 0.534. The van der Waals surface area contributed by atoms with E-state index in [0.717, 1.165) is 16.5 Å². The predicted molar refractivity (Wildman–Crippen MR) is 86.2 cm³/mol. The third-order valence-electron chi connectivity index (χ3n) is 3.27. The minimum absolute atomic E-state index is 0.0314. The topological polar surface area (TPSA) is 73.6 Å². The van der Waals surface area contributed by atoms with E-state index in [9.17, 15) is 4.79 Å². The molecule has 1 amide bonds. The van der Waals surface area contributed by atoms with Gasteiger partial charge in [0.05, 0.1) is 18.2 Å². The standard InChI is InChI=1S/C15H20N2O3S/c1-9(7-8-19-2)17-15(18)14-13(16)12-10(20-3)5-4-6-11(12)21-14/h4-6,9H,7-8,16H2,1-3H3,(H,17,18). The number of ether oxygens (including phenoxy) is 2. The summed E-state index contributed by atoms with van der Waals surface area (Å²) in [7, 11) is 3.24. The van der Waals surface area contributed by atoms with Crippen LogP contribution < -0.4 is 15.8 Å². The molecule has 1 aromatic heterocycles. The molecule has 1 unspecified atom stereocenters. The maximum absolute atomic E-state index is 12.3. The number of thiophene rings is 1. The Balaban J connectivity index is 2.26. The van der Waals surface area contributed by atoms with E-state index >= 15 is 0 Å². The third kappa shape index (κ3) is 3.28. The molecule has 6 heteroatoms. The van der Waals surface area contributed by atoms with E-state index in [1.165, 1.54) is 11.3 Å². The zero-order valence-corrected chi connectivity index (χ0v) is 13.3. The van der Waals surface area contributed by atoms with Crippen LogP contribution in [0.15, 0.2) is 18.2 Å². The molecule has 0 spiro atoms. The average Bonchev–Trinajstić information content (AvgIpc) is 2.82. The number of nitrogens with one attached hydrogen (secondary N) is 1. The van der Waals surface area contributed by atoms with Gasteiger partial charge in [0.2, 0.25) is 0 Å². The van der Waals surface area contributed by atoms with Crippen LogP contribution in [0.4, 0.5) is 5.69 Å². The molecule has 5 nitrogen and oxygen atoms in total. The van der Waals surface area contributed by atoms with Gasteiger partial charge in [0, 0.05) is 24.5 Å². The van der Waals surface area contributed by atoms with Crippen LogP contribution in [0.3, 0.4) is 0 Å². The molecule has 0 radical (unpaired) electrons. The first kappa shape index (κ1) is 15.6. The minimum atomic E-state index is -0.153. The van der Waals surface area contributed by atoms with Crippen molar-refractivity contribution in [1.82, 2.24) is 5.32 Å². The van der Waals surface area contributed by atoms with E-state index in [2.05, 4.69) is 5.32 Å². The van der Waals surface area contributed by atoms with Crippen LogP contribution in [-0.4, -0.2) is 32.8 Å². The number of benzene rings is 1. The Morgan fingerprint density at radius 3 is 2.86 bits per heavy atom. The number of carbonyl (C=O) groups excluding carboxylic acids is 1. The van der Waals surface area contributed by atoms with Crippen molar-refractivity contribution in [3.8, 4) is 5.75 Å². The molecule has 0 saturated heterocycles. The fraction of sp³-hybridized carbons (Fsp3) is 0.400. The number of amides is 1. The highest BCUT2D eigenvalue weighted by Crippen LogP contribution is 2.39. The number of carbonyl (C=O) groups is 1. The molecule has 2 rings (SSSR count). The highest BCUT2D eigenvalue weighted by atomic mass is 32.1. The van der Waals surface area contributed by atoms with Crippen LogP contribution in [0.25, 0.3) is 10.1 Å². The Hall–Kier alpha value is -1.79. The van der Waals surface area contributed by atoms with Gasteiger partial charge in [-0.1, -0.05) is 6.07 Å². The molecule has 0 aliphatic carbocycles. The minimum Gasteiger partial charge on any atom is -0.496 e. The van der Waals surface area contributed by atoms with Gasteiger partial charge in [-0.15, -0.1) is 11.3 Å². The Morgan fingerprint density at radius 1 is 1.43 bits per heavy atom. The van der Waals surface area contributed by atoms with Gasteiger partial charge in [-0.25, -0.2) is 0 Å². The maximum Gasteiger partial charge on any atom is 0.263 e. The van der Waals surface area contributed by atoms with Crippen molar-refractivity contribution in [1.29, 1.82) is 0 Å². The fourth-order valence-electron chi connectivity index (χ4n) is 2.13. The fourth-order valence-corrected chi connectivity index (χ4v) is 3.18. The van der Waals surface area contributed by atoms with E-state index < -0.39 is 0 Å². The summed E-state index contributed by atoms with van der Waals surface area (Å²) in [5, 5.41) is 3.75. The lowest BCUT2D eigenvalue weighted by Gasteiger charge is -2.12. The van der Waals surface area contributed by atoms with Crippen molar-refractivity contribution >= 4 is 33.0 Å². The number of rotatable bonds is 6. The summed E-state index contributed by atoms with van der Waals surface area (Å²) in [6.45, 7) is 2.55. The van der Waals surface area contributed by atoms with Crippen molar-refractivity contribution in [2.75, 3.05) is 26.6 Å². The highest BCUT2D eigenvalue weighted by Gasteiger charge is 2.19. The number of hydrogen-bond donors (Lipinski definition) is 2. The summed E-state index contributed by atoms with van der Waals surface area (Å²) >= 11 is 1.38. The second kappa shape index (κ2) is 6.78. The number of hydrogen-bond acceptors (Lipinski definition) is 5. The van der Waals surface area contributed by atoms with Crippen LogP contribution >= 0.6 is 11.3 Å². The molecule has 1 heterocycles. The van der Waals surface area contributed by atoms with Gasteiger partial charge >= 0.3 is 0 Å². The maximum atomic E-state index is 12.3. The number of methoxy groups -OCH3 is 2. The van der Waals surface area contributed by atoms with Gasteiger partial charge in [0.25, 0.3) is 5.91 Å². The van der Waals surface area contributed by atoms with Crippen molar-refractivity contribution < 1.29 is 14.3 Å². The molecular weight excluding hydrogens is 288 g/mol. The number of nitrogens with two attached hydrogens (primary N) is 1. The largest absolute Gasteiger partial charge is 0.496 e. The quantitative estimate of drug-likeness (QED) is 0.860. The first-order valence-corrected chi connectivity index (χ1v) is 7.55. The molecular formula is C15H20N2O3S. The van der Waals surface area contributed by atoms with E-state index in [-0.39, 0.29) is 11.9 Å². The molecule has 1 aromatic carbocycles. The highest BCUT2D eigenvalue weighted by molar-refractivity contribution is 7.21. The number of fused-ring (bicyclic) bond motifs is 1. The Bertz CT molecular complexity index is 639. The molecule has 0 saturated carbocycles. The van der Waals surface area contributed by atoms with Crippen LogP contribution in [0.2, 0.25) is 0 Å². The van der Waals surface area contributed by atoms with Crippen molar-refractivity contribution in [3.05, 3.63) is 23.1 Å². The number of anilines is 1. The molecule has 3 N–H and O–H groups in total. The average molecular weight is 308 g/mol. The summed E-state index contributed by atoms with van der Waals surface area (Å²) in [6.07, 6.45) is 0.760. The first-order chi connectivity index (χ1) is 10.1. The van der Waals surface area contributed by atoms with Crippen LogP contribution in [0, 0.1) is 0 Å². The van der Waals surface area contributed by atoms with Gasteiger partial charge < -0.3 is 20.5 Å². The normalized spacial score (nSPS) is 12.3. The van der Waals surface area contributed by atoms with E-state index in [0.29, 0.717) is 22.9 Å². The monoisotopic (exact) mass is 308 g/mol. The molecule has 2 aromatic rings. The summed E-state index contributed by atoms with van der Waals surface area (Å²) in [6, 6.07) is 5.70. The Kier molecular flexibility index (Phi) is 5.03. The van der Waals surface area contributed by atoms with Crippen molar-refractivity contribution in [2.45, 2.75) is 19.4 Å². The van der Waals surface area contributed by atoms with Crippen LogP contribution in [0.5, 0.6) is 5.75 Å². The van der Waals surface area contributed by atoms with E-state index in [1.54, 1.807) is 14.2 Å². The van der Waals surface area contributed by atoms with Crippen molar-refractivity contribution in [3.63, 3.8) is 0 Å². The third-order valence-corrected chi connectivity index (χ3v) is 4.44. The van der Waals surface area contributed by atoms with Crippen molar-refractivity contribution in [2.24, 2.45) is 0 Å². The zero-order chi connectivity index (χ0) is 15.4. The first-order valence-electron chi connectivity index (χ1n) is 6.73. The van der Waals surface area contributed by atoms with Gasteiger partial charge in [-0.3, -0.25) is 4.79 Å². The van der Waals surface area contributed by atoms with Gasteiger partial charge in [0.15, 0.2) is 0 Å². The molecule has 21 heavy (non-hydrogen) atoms. The molecule has 0 aliphatic heterocycles. The molecule has 0 aliphatic rings. The molecule has 0 bridgehead atoms. The Labute approximate surface area is 128 Å². The lowest BCUT2D eigenvalue weighted by atomic mass is 10.2. The molecule has 1 atom stereocenters. The van der Waals surface area contributed by atoms with Gasteiger partial charge in [-0.05, 0) is 25.5 Å². The van der Waals surface area contributed by atoms with Gasteiger partial charge in [-0.2, -0.15) is 0 Å². The number of nitrogen functional groups attached to an aromatic ring is 1. The summed E-state index contributed by atoms with van der Waals surface area (Å²) in [4.78, 5) is 12.9. The Morgan fingerprint density at radius 2 is 2.19 bits per heavy atom. The second-order valence-electron chi connectivity index (χ2n) is 4.83.